The van der Waals surface area contributed by atoms with Crippen LogP contribution in [0.15, 0.2) is 71.4 Å². The number of rotatable bonds is 7. The third kappa shape index (κ3) is 4.48. The van der Waals surface area contributed by atoms with E-state index in [0.29, 0.717) is 22.7 Å². The Morgan fingerprint density at radius 3 is 2.36 bits per heavy atom. The van der Waals surface area contributed by atoms with E-state index in [-0.39, 0.29) is 17.5 Å². The quantitative estimate of drug-likeness (QED) is 0.486. The number of hydrogen-bond donors (Lipinski definition) is 1. The first-order valence-electron chi connectivity index (χ1n) is 8.50. The van der Waals surface area contributed by atoms with Gasteiger partial charge in [0.2, 0.25) is 0 Å². The zero-order valence-electron chi connectivity index (χ0n) is 15.5. The number of carbonyl (C=O) groups is 2. The first-order chi connectivity index (χ1) is 13.6. The van der Waals surface area contributed by atoms with Crippen molar-refractivity contribution in [3.8, 4) is 11.5 Å². The summed E-state index contributed by atoms with van der Waals surface area (Å²) in [7, 11) is 3.13. The largest absolute Gasteiger partial charge is 0.493 e. The van der Waals surface area contributed by atoms with Gasteiger partial charge in [-0.2, -0.15) is 0 Å². The van der Waals surface area contributed by atoms with Gasteiger partial charge in [0, 0.05) is 11.3 Å². The molecule has 0 saturated carbocycles. The molecule has 0 aliphatic rings. The Labute approximate surface area is 162 Å². The summed E-state index contributed by atoms with van der Waals surface area (Å²) in [6.07, 6.45) is 4.62. The number of benzene rings is 2. The minimum absolute atomic E-state index is 0.154. The molecule has 0 fully saturated rings. The zero-order chi connectivity index (χ0) is 19.9. The average molecular weight is 377 g/mol. The molecule has 1 amide bonds. The third-order valence-corrected chi connectivity index (χ3v) is 4.01. The van der Waals surface area contributed by atoms with Crippen LogP contribution < -0.4 is 14.8 Å². The summed E-state index contributed by atoms with van der Waals surface area (Å²) in [6.45, 7) is 0. The molecule has 0 bridgehead atoms. The van der Waals surface area contributed by atoms with E-state index in [1.807, 2.05) is 6.07 Å². The first-order valence-corrected chi connectivity index (χ1v) is 8.50. The Morgan fingerprint density at radius 2 is 1.71 bits per heavy atom. The standard InChI is InChI=1S/C22H19NO5/c1-26-19-12-6-15(14-21(19)27-2)5-11-18(24)16-7-9-17(10-8-16)23-22(25)20-4-3-13-28-20/h3-14H,1-2H3,(H,23,25). The second-order valence-corrected chi connectivity index (χ2v) is 5.82. The van der Waals surface area contributed by atoms with Crippen LogP contribution in [0.2, 0.25) is 0 Å². The molecule has 0 spiro atoms. The highest BCUT2D eigenvalue weighted by molar-refractivity contribution is 6.07. The Bertz CT molecular complexity index is 988. The molecule has 3 rings (SSSR count). The van der Waals surface area contributed by atoms with Crippen molar-refractivity contribution in [1.82, 2.24) is 0 Å². The van der Waals surface area contributed by atoms with Gasteiger partial charge in [0.15, 0.2) is 23.0 Å². The Hall–Kier alpha value is -3.80. The highest BCUT2D eigenvalue weighted by Gasteiger charge is 2.09. The van der Waals surface area contributed by atoms with Crippen molar-refractivity contribution in [3.63, 3.8) is 0 Å². The number of methoxy groups -OCH3 is 2. The number of ether oxygens (including phenoxy) is 2. The van der Waals surface area contributed by atoms with Crippen LogP contribution in [-0.4, -0.2) is 25.9 Å². The highest BCUT2D eigenvalue weighted by atomic mass is 16.5. The molecule has 0 aliphatic heterocycles. The maximum atomic E-state index is 12.4. The Kier molecular flexibility index (Phi) is 5.91. The van der Waals surface area contributed by atoms with Gasteiger partial charge in [0.05, 0.1) is 20.5 Å². The summed E-state index contributed by atoms with van der Waals surface area (Å²) in [4.78, 5) is 24.3. The molecule has 1 aromatic heterocycles. The average Bonchev–Trinajstić information content (AvgIpc) is 3.27. The van der Waals surface area contributed by atoms with Crippen molar-refractivity contribution in [2.24, 2.45) is 0 Å². The van der Waals surface area contributed by atoms with E-state index in [2.05, 4.69) is 5.32 Å². The van der Waals surface area contributed by atoms with Crippen molar-refractivity contribution in [2.45, 2.75) is 0 Å². The lowest BCUT2D eigenvalue weighted by Crippen LogP contribution is -2.10. The molecule has 28 heavy (non-hydrogen) atoms. The summed E-state index contributed by atoms with van der Waals surface area (Å²) in [5.74, 6) is 0.932. The highest BCUT2D eigenvalue weighted by Crippen LogP contribution is 2.28. The monoisotopic (exact) mass is 377 g/mol. The van der Waals surface area contributed by atoms with Crippen molar-refractivity contribution < 1.29 is 23.5 Å². The number of ketones is 1. The van der Waals surface area contributed by atoms with Crippen molar-refractivity contribution >= 4 is 23.5 Å². The lowest BCUT2D eigenvalue weighted by Gasteiger charge is -2.07. The van der Waals surface area contributed by atoms with E-state index in [0.717, 1.165) is 5.56 Å². The fraction of sp³-hybridized carbons (Fsp3) is 0.0909. The molecular formula is C22H19NO5. The normalized spacial score (nSPS) is 10.6. The number of furan rings is 1. The van der Waals surface area contributed by atoms with E-state index in [9.17, 15) is 9.59 Å². The maximum absolute atomic E-state index is 12.4. The number of anilines is 1. The minimum Gasteiger partial charge on any atom is -0.493 e. The summed E-state index contributed by atoms with van der Waals surface area (Å²) in [5, 5.41) is 2.70. The van der Waals surface area contributed by atoms with E-state index in [4.69, 9.17) is 13.9 Å². The van der Waals surface area contributed by atoms with Gasteiger partial charge >= 0.3 is 0 Å². The maximum Gasteiger partial charge on any atom is 0.291 e. The van der Waals surface area contributed by atoms with E-state index >= 15 is 0 Å². The van der Waals surface area contributed by atoms with Gasteiger partial charge in [-0.1, -0.05) is 12.1 Å². The lowest BCUT2D eigenvalue weighted by molar-refractivity contribution is 0.0996. The summed E-state index contributed by atoms with van der Waals surface area (Å²) < 4.78 is 15.5. The van der Waals surface area contributed by atoms with Gasteiger partial charge in [-0.05, 0) is 60.2 Å². The van der Waals surface area contributed by atoms with Crippen LogP contribution in [0.25, 0.3) is 6.08 Å². The summed E-state index contributed by atoms with van der Waals surface area (Å²) >= 11 is 0. The van der Waals surface area contributed by atoms with Gasteiger partial charge in [0.25, 0.3) is 5.91 Å². The predicted octanol–water partition coefficient (Wildman–Crippen LogP) is 4.45. The lowest BCUT2D eigenvalue weighted by atomic mass is 10.1. The molecule has 0 aliphatic carbocycles. The van der Waals surface area contributed by atoms with Crippen LogP contribution in [0.4, 0.5) is 5.69 Å². The fourth-order valence-corrected chi connectivity index (χ4v) is 2.54. The van der Waals surface area contributed by atoms with Crippen LogP contribution in [-0.2, 0) is 0 Å². The third-order valence-electron chi connectivity index (χ3n) is 4.01. The van der Waals surface area contributed by atoms with Crippen LogP contribution >= 0.6 is 0 Å². The van der Waals surface area contributed by atoms with Gasteiger partial charge < -0.3 is 19.2 Å². The molecule has 0 unspecified atom stereocenters. The topological polar surface area (TPSA) is 77.8 Å². The molecule has 6 heteroatoms. The second kappa shape index (κ2) is 8.73. The van der Waals surface area contributed by atoms with E-state index < -0.39 is 0 Å². The summed E-state index contributed by atoms with van der Waals surface area (Å²) in [6, 6.07) is 15.2. The van der Waals surface area contributed by atoms with Crippen LogP contribution in [0.5, 0.6) is 11.5 Å². The predicted molar refractivity (Wildman–Crippen MR) is 106 cm³/mol. The molecule has 6 nitrogen and oxygen atoms in total. The number of amides is 1. The van der Waals surface area contributed by atoms with Crippen LogP contribution in [0, 0.1) is 0 Å². The van der Waals surface area contributed by atoms with E-state index in [1.165, 1.54) is 12.3 Å². The molecule has 0 radical (unpaired) electrons. The smallest absolute Gasteiger partial charge is 0.291 e. The SMILES string of the molecule is COc1ccc(C=CC(=O)c2ccc(NC(=O)c3ccco3)cc2)cc1OC. The number of hydrogen-bond acceptors (Lipinski definition) is 5. The number of allylic oxidation sites excluding steroid dienone is 1. The zero-order valence-corrected chi connectivity index (χ0v) is 15.5. The van der Waals surface area contributed by atoms with Crippen LogP contribution in [0.1, 0.15) is 26.5 Å². The molecule has 0 saturated heterocycles. The molecule has 142 valence electrons. The van der Waals surface area contributed by atoms with Crippen molar-refractivity contribution in [3.05, 3.63) is 83.8 Å². The Balaban J connectivity index is 1.66. The molecule has 0 atom stereocenters. The van der Waals surface area contributed by atoms with Gasteiger partial charge in [-0.3, -0.25) is 9.59 Å². The molecule has 2 aromatic carbocycles. The molecular weight excluding hydrogens is 358 g/mol. The van der Waals surface area contributed by atoms with Crippen LogP contribution in [0.3, 0.4) is 0 Å². The van der Waals surface area contributed by atoms with Crippen molar-refractivity contribution in [1.29, 1.82) is 0 Å². The van der Waals surface area contributed by atoms with E-state index in [1.54, 1.807) is 68.8 Å². The summed E-state index contributed by atoms with van der Waals surface area (Å²) in [5.41, 5.74) is 1.89. The Morgan fingerprint density at radius 1 is 0.964 bits per heavy atom. The molecule has 3 aromatic rings. The van der Waals surface area contributed by atoms with Gasteiger partial charge in [-0.15, -0.1) is 0 Å². The fourth-order valence-electron chi connectivity index (χ4n) is 2.54. The second-order valence-electron chi connectivity index (χ2n) is 5.82. The van der Waals surface area contributed by atoms with Gasteiger partial charge in [-0.25, -0.2) is 0 Å². The minimum atomic E-state index is -0.350. The molecule has 1 heterocycles. The number of carbonyl (C=O) groups excluding carboxylic acids is 2. The first kappa shape index (κ1) is 19.0. The molecule has 1 N–H and O–H groups in total. The van der Waals surface area contributed by atoms with Crippen molar-refractivity contribution in [2.75, 3.05) is 19.5 Å². The number of nitrogens with one attached hydrogen (secondary N) is 1. The van der Waals surface area contributed by atoms with Gasteiger partial charge in [0.1, 0.15) is 0 Å².